The van der Waals surface area contributed by atoms with Crippen LogP contribution in [0.1, 0.15) is 0 Å². The Morgan fingerprint density at radius 3 is 1.04 bits per heavy atom. The standard InChI is InChI=1S/C26H16F8N2O10S4/c27-17-9-1-5-13-21(17)47(37,38)35(48(39,40)22-14-6-2-10-18(22)28)36(49(41,42)23-15-7-3-11-19(23)45-25(29,30)31)50(43,44)24-16-8-4-12-20(24)46-26(32,33)34/h1-16H/q+1. The van der Waals surface area contributed by atoms with Gasteiger partial charge >= 0.3 is 52.8 Å². The zero-order valence-corrected chi connectivity index (χ0v) is 27.1. The van der Waals surface area contributed by atoms with Crippen molar-refractivity contribution >= 4 is 40.1 Å². The van der Waals surface area contributed by atoms with E-state index in [9.17, 15) is 60.0 Å². The molecule has 0 aliphatic heterocycles. The quantitative estimate of drug-likeness (QED) is 0.115. The van der Waals surface area contributed by atoms with E-state index in [1.165, 1.54) is 0 Å². The van der Waals surface area contributed by atoms with E-state index in [0.717, 1.165) is 24.3 Å². The Morgan fingerprint density at radius 2 is 0.740 bits per heavy atom. The number of benzene rings is 4. The summed E-state index contributed by atoms with van der Waals surface area (Å²) in [5, 5.41) is 0. The lowest BCUT2D eigenvalue weighted by Crippen LogP contribution is -2.59. The minimum Gasteiger partial charge on any atom is -0.404 e. The molecule has 0 spiro atoms. The summed E-state index contributed by atoms with van der Waals surface area (Å²) >= 11 is 0. The summed E-state index contributed by atoms with van der Waals surface area (Å²) < 4.78 is 228. The van der Waals surface area contributed by atoms with Gasteiger partial charge in [0.25, 0.3) is 0 Å². The van der Waals surface area contributed by atoms with Crippen LogP contribution in [0, 0.1) is 11.6 Å². The lowest BCUT2D eigenvalue weighted by atomic mass is 10.3. The van der Waals surface area contributed by atoms with Crippen LogP contribution >= 0.6 is 0 Å². The summed E-state index contributed by atoms with van der Waals surface area (Å²) in [6.07, 6.45) is -11.5. The van der Waals surface area contributed by atoms with Gasteiger partial charge in [-0.3, -0.25) is 0 Å². The predicted octanol–water partition coefficient (Wildman–Crippen LogP) is 4.97. The first-order valence-corrected chi connectivity index (χ1v) is 18.5. The van der Waals surface area contributed by atoms with E-state index in [1.807, 2.05) is 0 Å². The second kappa shape index (κ2) is 13.4. The number of hydrogen-bond donors (Lipinski definition) is 0. The molecule has 1 radical (unpaired) electrons. The Labute approximate surface area is 277 Å². The molecule has 0 fully saturated rings. The van der Waals surface area contributed by atoms with Crippen LogP contribution in [0.5, 0.6) is 11.5 Å². The second-order valence-electron chi connectivity index (χ2n) is 9.23. The highest BCUT2D eigenvalue weighted by Gasteiger charge is 2.66. The van der Waals surface area contributed by atoms with Crippen molar-refractivity contribution in [2.24, 2.45) is 0 Å². The van der Waals surface area contributed by atoms with Gasteiger partial charge in [0.05, 0.1) is 0 Å². The topological polar surface area (TPSA) is 164 Å². The number of hydrazine groups is 1. The van der Waals surface area contributed by atoms with Gasteiger partial charge in [-0.05, 0) is 48.5 Å². The monoisotopic (exact) mass is 796 g/mol. The van der Waals surface area contributed by atoms with Crippen LogP contribution in [0.25, 0.3) is 0 Å². The summed E-state index contributed by atoms with van der Waals surface area (Å²) in [4.78, 5) is -7.52. The average molecular weight is 797 g/mol. The fraction of sp³-hybridized carbons (Fsp3) is 0.0769. The fourth-order valence-electron chi connectivity index (χ4n) is 4.00. The number of hydrogen-bond acceptors (Lipinski definition) is 10. The molecule has 0 aliphatic rings. The molecule has 24 heteroatoms. The van der Waals surface area contributed by atoms with Crippen LogP contribution in [0.3, 0.4) is 0 Å². The van der Waals surface area contributed by atoms with Gasteiger partial charge in [-0.25, -0.2) is 25.6 Å². The molecule has 50 heavy (non-hydrogen) atoms. The molecule has 4 aromatic carbocycles. The number of alkyl halides is 6. The molecule has 0 N–H and O–H groups in total. The zero-order valence-electron chi connectivity index (χ0n) is 23.9. The molecule has 0 saturated carbocycles. The van der Waals surface area contributed by atoms with Crippen LogP contribution in [0.4, 0.5) is 35.1 Å². The van der Waals surface area contributed by atoms with Gasteiger partial charge in [0.2, 0.25) is 0 Å². The number of halogens is 8. The van der Waals surface area contributed by atoms with E-state index in [0.29, 0.717) is 36.4 Å². The molecule has 0 aliphatic carbocycles. The molecule has 4 rings (SSSR count). The molecule has 0 aromatic heterocycles. The summed E-state index contributed by atoms with van der Waals surface area (Å²) in [6.45, 7) is 0. The van der Waals surface area contributed by atoms with Crippen molar-refractivity contribution in [3.63, 3.8) is 0 Å². The first kappa shape index (κ1) is 38.4. The maximum absolute atomic E-state index is 15.0. The minimum atomic E-state index is -6.77. The van der Waals surface area contributed by atoms with Crippen molar-refractivity contribution in [1.82, 2.24) is 7.64 Å². The highest BCUT2D eigenvalue weighted by Crippen LogP contribution is 2.40. The number of para-hydroxylation sites is 2. The largest absolute Gasteiger partial charge is 0.573 e. The fourth-order valence-corrected chi connectivity index (χ4v) is 12.9. The van der Waals surface area contributed by atoms with E-state index in [-0.39, 0.29) is 36.4 Å². The van der Waals surface area contributed by atoms with Gasteiger partial charge in [0, 0.05) is 0 Å². The van der Waals surface area contributed by atoms with Crippen molar-refractivity contribution in [2.45, 2.75) is 32.3 Å². The summed E-state index contributed by atoms with van der Waals surface area (Å²) in [5.41, 5.74) is 0. The van der Waals surface area contributed by atoms with Crippen molar-refractivity contribution in [2.75, 3.05) is 0 Å². The third-order valence-corrected chi connectivity index (χ3v) is 14.5. The van der Waals surface area contributed by atoms with Gasteiger partial charge < -0.3 is 9.47 Å². The Hall–Kier alpha value is -4.36. The first-order chi connectivity index (χ1) is 22.9. The molecule has 0 atom stereocenters. The van der Waals surface area contributed by atoms with E-state index in [1.54, 1.807) is 0 Å². The lowest BCUT2D eigenvalue weighted by molar-refractivity contribution is -0.276. The van der Waals surface area contributed by atoms with Gasteiger partial charge in [0.15, 0.2) is 17.4 Å². The van der Waals surface area contributed by atoms with Gasteiger partial charge in [-0.1, -0.05) is 48.5 Å². The molecule has 0 heterocycles. The lowest BCUT2D eigenvalue weighted by Gasteiger charge is -2.23. The molecule has 4 aromatic rings. The molecule has 0 amide bonds. The van der Waals surface area contributed by atoms with Crippen LogP contribution in [0.15, 0.2) is 117 Å². The second-order valence-corrected chi connectivity index (χ2v) is 16.6. The maximum Gasteiger partial charge on any atom is 0.573 e. The van der Waals surface area contributed by atoms with Crippen LogP contribution in [-0.2, 0) is 40.1 Å². The molecular formula is C26H16F8N2O10S4+. The van der Waals surface area contributed by atoms with Crippen molar-refractivity contribution in [1.29, 1.82) is 0 Å². The summed E-state index contributed by atoms with van der Waals surface area (Å²) in [6, 6.07) is 7.96. The first-order valence-electron chi connectivity index (χ1n) is 12.7. The molecule has 12 nitrogen and oxygen atoms in total. The van der Waals surface area contributed by atoms with Crippen molar-refractivity contribution in [3.8, 4) is 11.5 Å². The number of nitrogens with zero attached hydrogens (tertiary/aromatic N) is 2. The van der Waals surface area contributed by atoms with Gasteiger partial charge in [-0.15, -0.1) is 26.3 Å². The van der Waals surface area contributed by atoms with Crippen LogP contribution in [0.2, 0.25) is 0 Å². The Morgan fingerprint density at radius 1 is 0.460 bits per heavy atom. The Kier molecular flexibility index (Phi) is 10.3. The van der Waals surface area contributed by atoms with Gasteiger partial charge in [0.1, 0.15) is 32.9 Å². The van der Waals surface area contributed by atoms with Gasteiger partial charge in [-0.2, -0.15) is 16.8 Å². The number of rotatable bonds is 11. The van der Waals surface area contributed by atoms with Crippen LogP contribution in [-0.4, -0.2) is 50.2 Å². The third kappa shape index (κ3) is 7.68. The number of ether oxygens (including phenoxy) is 2. The zero-order chi connectivity index (χ0) is 37.5. The Balaban J connectivity index is 2.26. The smallest absolute Gasteiger partial charge is 0.404 e. The minimum absolute atomic E-state index is 0.167. The van der Waals surface area contributed by atoms with Crippen molar-refractivity contribution in [3.05, 3.63) is 109 Å². The van der Waals surface area contributed by atoms with E-state index in [2.05, 4.69) is 9.47 Å². The molecule has 0 saturated heterocycles. The van der Waals surface area contributed by atoms with E-state index < -0.39 is 103 Å². The predicted molar refractivity (Wildman–Crippen MR) is 152 cm³/mol. The van der Waals surface area contributed by atoms with Crippen LogP contribution < -0.4 is 13.3 Å². The SMILES string of the molecule is O=S(=O)(c1ccccc1OC(F)(F)F)N([N+](S(=O)(=O)c1ccccc1F)S(=O)(=O)c1ccccc1F)S(=O)(=O)c1ccccc1OC(F)(F)F. The molecule has 0 unspecified atom stereocenters. The molecular weight excluding hydrogens is 781 g/mol. The van der Waals surface area contributed by atoms with E-state index >= 15 is 8.78 Å². The highest BCUT2D eigenvalue weighted by atomic mass is 32.3. The third-order valence-electron chi connectivity index (χ3n) is 5.89. The van der Waals surface area contributed by atoms with Crippen molar-refractivity contribution < 1.29 is 78.3 Å². The molecule has 269 valence electrons. The van der Waals surface area contributed by atoms with E-state index in [4.69, 9.17) is 0 Å². The highest BCUT2D eigenvalue weighted by molar-refractivity contribution is 8.10. The Bertz CT molecular complexity index is 2210. The maximum atomic E-state index is 15.0. The normalized spacial score (nSPS) is 13.4. The summed E-state index contributed by atoms with van der Waals surface area (Å²) in [5.74, 6) is -7.38. The summed E-state index contributed by atoms with van der Waals surface area (Å²) in [7, 11) is -26.7. The molecule has 0 bridgehead atoms. The number of sulfonamides is 4. The average Bonchev–Trinajstić information content (AvgIpc) is 2.98.